The number of carboxylic acids is 1. The highest BCUT2D eigenvalue weighted by Gasteiger charge is 2.23. The fraction of sp³-hybridized carbons (Fsp3) is 0.217. The van der Waals surface area contributed by atoms with E-state index in [2.05, 4.69) is 9.97 Å². The predicted octanol–water partition coefficient (Wildman–Crippen LogP) is 4.70. The molecule has 2 aromatic carbocycles. The average molecular weight is 390 g/mol. The van der Waals surface area contributed by atoms with Gasteiger partial charge < -0.3 is 19.6 Å². The standard InChI is InChI=1S/C23H22N2O4/c1-3-16-22-19(15(13-28-2)21(24-16)23(26)27)20-17(25-22)10-7-11-18(20)29-12-14-8-5-4-6-9-14/h4-11,25H,3,12-13H2,1-2H3,(H,26,27). The number of aromatic amines is 1. The van der Waals surface area contributed by atoms with Crippen LogP contribution in [-0.2, 0) is 24.4 Å². The number of aromatic nitrogens is 2. The van der Waals surface area contributed by atoms with Crippen LogP contribution >= 0.6 is 0 Å². The fourth-order valence-corrected chi connectivity index (χ4v) is 3.68. The van der Waals surface area contributed by atoms with E-state index in [1.165, 1.54) is 0 Å². The van der Waals surface area contributed by atoms with Crippen LogP contribution in [0.5, 0.6) is 5.75 Å². The van der Waals surface area contributed by atoms with Gasteiger partial charge in [0.15, 0.2) is 5.69 Å². The minimum Gasteiger partial charge on any atom is -0.488 e. The summed E-state index contributed by atoms with van der Waals surface area (Å²) >= 11 is 0. The van der Waals surface area contributed by atoms with Crippen LogP contribution in [0.1, 0.15) is 34.2 Å². The maximum absolute atomic E-state index is 11.9. The fourth-order valence-electron chi connectivity index (χ4n) is 3.68. The molecule has 0 bridgehead atoms. The number of fused-ring (bicyclic) bond motifs is 3. The van der Waals surface area contributed by atoms with Crippen molar-refractivity contribution >= 4 is 27.8 Å². The zero-order valence-electron chi connectivity index (χ0n) is 16.4. The van der Waals surface area contributed by atoms with Gasteiger partial charge in [-0.05, 0) is 24.1 Å². The molecule has 0 saturated carbocycles. The van der Waals surface area contributed by atoms with Gasteiger partial charge in [-0.25, -0.2) is 9.78 Å². The second kappa shape index (κ2) is 7.93. The first kappa shape index (κ1) is 19.0. The lowest BCUT2D eigenvalue weighted by Gasteiger charge is -2.12. The van der Waals surface area contributed by atoms with E-state index in [0.717, 1.165) is 27.4 Å². The molecule has 0 amide bonds. The Morgan fingerprint density at radius 2 is 1.86 bits per heavy atom. The summed E-state index contributed by atoms with van der Waals surface area (Å²) in [6, 6.07) is 15.7. The molecule has 0 fully saturated rings. The first-order chi connectivity index (χ1) is 14.1. The largest absolute Gasteiger partial charge is 0.488 e. The number of rotatable bonds is 7. The molecule has 29 heavy (non-hydrogen) atoms. The molecular weight excluding hydrogens is 368 g/mol. The number of pyridine rings is 1. The van der Waals surface area contributed by atoms with Crippen LogP contribution in [0, 0.1) is 0 Å². The monoisotopic (exact) mass is 390 g/mol. The van der Waals surface area contributed by atoms with Gasteiger partial charge in [0.05, 0.1) is 23.3 Å². The van der Waals surface area contributed by atoms with Gasteiger partial charge in [-0.3, -0.25) is 0 Å². The van der Waals surface area contributed by atoms with Gasteiger partial charge in [0.2, 0.25) is 0 Å². The number of carboxylic acid groups (broad SMARTS) is 1. The minimum absolute atomic E-state index is 0.0231. The van der Waals surface area contributed by atoms with E-state index in [4.69, 9.17) is 9.47 Å². The number of aryl methyl sites for hydroxylation is 1. The number of aromatic carboxylic acids is 1. The number of hydrogen-bond acceptors (Lipinski definition) is 4. The quantitative estimate of drug-likeness (QED) is 0.478. The van der Waals surface area contributed by atoms with Gasteiger partial charge in [-0.1, -0.05) is 43.3 Å². The van der Waals surface area contributed by atoms with Gasteiger partial charge in [-0.2, -0.15) is 0 Å². The van der Waals surface area contributed by atoms with E-state index in [-0.39, 0.29) is 12.3 Å². The van der Waals surface area contributed by atoms with Crippen molar-refractivity contribution in [3.63, 3.8) is 0 Å². The number of methoxy groups -OCH3 is 1. The smallest absolute Gasteiger partial charge is 0.354 e. The van der Waals surface area contributed by atoms with E-state index < -0.39 is 5.97 Å². The zero-order valence-corrected chi connectivity index (χ0v) is 16.4. The van der Waals surface area contributed by atoms with Gasteiger partial charge in [-0.15, -0.1) is 0 Å². The van der Waals surface area contributed by atoms with Crippen molar-refractivity contribution < 1.29 is 19.4 Å². The lowest BCUT2D eigenvalue weighted by molar-refractivity contribution is 0.0685. The second-order valence-corrected chi connectivity index (χ2v) is 6.81. The molecule has 6 nitrogen and oxygen atoms in total. The zero-order chi connectivity index (χ0) is 20.4. The van der Waals surface area contributed by atoms with Gasteiger partial charge in [0.1, 0.15) is 12.4 Å². The maximum atomic E-state index is 11.9. The highest BCUT2D eigenvalue weighted by atomic mass is 16.5. The lowest BCUT2D eigenvalue weighted by Crippen LogP contribution is -2.10. The second-order valence-electron chi connectivity index (χ2n) is 6.81. The van der Waals surface area contributed by atoms with E-state index in [1.54, 1.807) is 7.11 Å². The molecule has 0 unspecified atom stereocenters. The molecule has 2 N–H and O–H groups in total. The lowest BCUT2D eigenvalue weighted by atomic mass is 10.0. The van der Waals surface area contributed by atoms with Gasteiger partial charge >= 0.3 is 5.97 Å². The molecular formula is C23H22N2O4. The van der Waals surface area contributed by atoms with Crippen LogP contribution in [0.3, 0.4) is 0 Å². The normalized spacial score (nSPS) is 11.2. The number of benzene rings is 2. The number of nitrogens with zero attached hydrogens (tertiary/aromatic N) is 1. The van der Waals surface area contributed by atoms with E-state index >= 15 is 0 Å². The van der Waals surface area contributed by atoms with Gasteiger partial charge in [0.25, 0.3) is 0 Å². The van der Waals surface area contributed by atoms with E-state index in [1.807, 2.05) is 55.5 Å². The van der Waals surface area contributed by atoms with E-state index in [0.29, 0.717) is 30.0 Å². The number of ether oxygens (including phenoxy) is 2. The Kier molecular flexibility index (Phi) is 5.18. The summed E-state index contributed by atoms with van der Waals surface area (Å²) in [5.41, 5.74) is 4.05. The molecule has 0 atom stereocenters. The third-order valence-corrected chi connectivity index (χ3v) is 4.97. The molecule has 6 heteroatoms. The molecule has 0 aliphatic rings. The molecule has 0 radical (unpaired) electrons. The molecule has 148 valence electrons. The molecule has 2 heterocycles. The molecule has 0 aliphatic carbocycles. The summed E-state index contributed by atoms with van der Waals surface area (Å²) in [5.74, 6) is -0.370. The molecule has 0 spiro atoms. The molecule has 4 rings (SSSR count). The third-order valence-electron chi connectivity index (χ3n) is 4.97. The Hall–Kier alpha value is -3.38. The summed E-state index contributed by atoms with van der Waals surface area (Å²) in [5, 5.41) is 11.4. The van der Waals surface area contributed by atoms with Crippen LogP contribution in [0.25, 0.3) is 21.8 Å². The number of carbonyl (C=O) groups is 1. The van der Waals surface area contributed by atoms with Crippen LogP contribution < -0.4 is 4.74 Å². The molecule has 0 saturated heterocycles. The van der Waals surface area contributed by atoms with Crippen molar-refractivity contribution in [3.8, 4) is 5.75 Å². The highest BCUT2D eigenvalue weighted by molar-refractivity contribution is 6.14. The van der Waals surface area contributed by atoms with Crippen molar-refractivity contribution in [1.82, 2.24) is 9.97 Å². The first-order valence-corrected chi connectivity index (χ1v) is 9.49. The summed E-state index contributed by atoms with van der Waals surface area (Å²) < 4.78 is 11.5. The summed E-state index contributed by atoms with van der Waals surface area (Å²) in [6.07, 6.45) is 0.608. The highest BCUT2D eigenvalue weighted by Crippen LogP contribution is 2.38. The summed E-state index contributed by atoms with van der Waals surface area (Å²) in [4.78, 5) is 19.7. The van der Waals surface area contributed by atoms with Crippen LogP contribution in [-0.4, -0.2) is 28.2 Å². The molecule has 2 aromatic heterocycles. The SMILES string of the molecule is CCc1nc(C(=O)O)c(COC)c2c1[nH]c1cccc(OCc3ccccc3)c12. The molecule has 4 aromatic rings. The summed E-state index contributed by atoms with van der Waals surface area (Å²) in [7, 11) is 1.55. The topological polar surface area (TPSA) is 84.4 Å². The number of H-pyrrole nitrogens is 1. The first-order valence-electron chi connectivity index (χ1n) is 9.49. The van der Waals surface area contributed by atoms with Crippen LogP contribution in [0.2, 0.25) is 0 Å². The Labute approximate surface area is 168 Å². The Morgan fingerprint density at radius 1 is 1.07 bits per heavy atom. The Balaban J connectivity index is 1.96. The van der Waals surface area contributed by atoms with Crippen molar-refractivity contribution in [2.24, 2.45) is 0 Å². The van der Waals surface area contributed by atoms with Crippen molar-refractivity contribution in [2.45, 2.75) is 26.6 Å². The van der Waals surface area contributed by atoms with Crippen LogP contribution in [0.15, 0.2) is 48.5 Å². The minimum atomic E-state index is -1.06. The predicted molar refractivity (Wildman–Crippen MR) is 111 cm³/mol. The van der Waals surface area contributed by atoms with Crippen molar-refractivity contribution in [3.05, 3.63) is 71.0 Å². The van der Waals surface area contributed by atoms with Crippen molar-refractivity contribution in [1.29, 1.82) is 0 Å². The average Bonchev–Trinajstić information content (AvgIpc) is 3.13. The maximum Gasteiger partial charge on any atom is 0.354 e. The number of hydrogen-bond donors (Lipinski definition) is 2. The third kappa shape index (κ3) is 3.43. The molecule has 0 aliphatic heterocycles. The van der Waals surface area contributed by atoms with E-state index in [9.17, 15) is 9.90 Å². The summed E-state index contributed by atoms with van der Waals surface area (Å²) in [6.45, 7) is 2.53. The van der Waals surface area contributed by atoms with Crippen LogP contribution in [0.4, 0.5) is 0 Å². The Morgan fingerprint density at radius 3 is 2.55 bits per heavy atom. The Bertz CT molecular complexity index is 1180. The number of nitrogens with one attached hydrogen (secondary N) is 1. The van der Waals surface area contributed by atoms with Crippen molar-refractivity contribution in [2.75, 3.05) is 7.11 Å². The van der Waals surface area contributed by atoms with Gasteiger partial charge in [0, 0.05) is 23.4 Å².